The Bertz CT molecular complexity index is 637. The van der Waals surface area contributed by atoms with Crippen molar-refractivity contribution in [2.75, 3.05) is 0 Å². The fourth-order valence-electron chi connectivity index (χ4n) is 1.71. The first-order valence-corrected chi connectivity index (χ1v) is 4.79. The van der Waals surface area contributed by atoms with Gasteiger partial charge in [0.25, 0.3) is 5.91 Å². The Hall–Kier alpha value is -2.44. The molecule has 3 heterocycles. The molecule has 7 heteroatoms. The van der Waals surface area contributed by atoms with Crippen molar-refractivity contribution in [1.29, 1.82) is 0 Å². The highest BCUT2D eigenvalue weighted by atomic mass is 19.1. The summed E-state index contributed by atoms with van der Waals surface area (Å²) in [7, 11) is 0. The molecule has 6 nitrogen and oxygen atoms in total. The van der Waals surface area contributed by atoms with Crippen molar-refractivity contribution in [2.45, 2.75) is 6.04 Å². The van der Waals surface area contributed by atoms with Crippen LogP contribution in [-0.4, -0.2) is 16.9 Å². The third kappa shape index (κ3) is 1.43. The molecule has 0 aliphatic carbocycles. The predicted molar refractivity (Wildman–Crippen MR) is 53.4 cm³/mol. The maximum atomic E-state index is 13.3. The Balaban J connectivity index is 2.10. The molecule has 0 aromatic carbocycles. The molecule has 0 saturated carbocycles. The smallest absolute Gasteiger partial charge is 0.322 e. The summed E-state index contributed by atoms with van der Waals surface area (Å²) in [4.78, 5) is 26.0. The van der Waals surface area contributed by atoms with Gasteiger partial charge in [0.05, 0.1) is 17.8 Å². The van der Waals surface area contributed by atoms with Gasteiger partial charge in [-0.25, -0.2) is 9.18 Å². The molecule has 0 spiro atoms. The number of halogens is 1. The van der Waals surface area contributed by atoms with Crippen LogP contribution in [0.3, 0.4) is 0 Å². The molecule has 2 aromatic rings. The van der Waals surface area contributed by atoms with E-state index in [1.54, 1.807) is 0 Å². The maximum absolute atomic E-state index is 13.3. The van der Waals surface area contributed by atoms with Gasteiger partial charge < -0.3 is 9.73 Å². The van der Waals surface area contributed by atoms with Crippen molar-refractivity contribution in [3.8, 4) is 0 Å². The Morgan fingerprint density at radius 1 is 1.35 bits per heavy atom. The number of carbonyl (C=O) groups excluding carboxylic acids is 2. The number of nitrogens with zero attached hydrogens (tertiary/aromatic N) is 1. The lowest BCUT2D eigenvalue weighted by Gasteiger charge is -2.00. The number of furan rings is 1. The molecule has 86 valence electrons. The number of amides is 3. The number of hydrogen-bond donors (Lipinski definition) is 2. The highest BCUT2D eigenvalue weighted by molar-refractivity contribution is 6.04. The van der Waals surface area contributed by atoms with E-state index in [0.717, 1.165) is 6.20 Å². The molecular weight excluding hydrogens is 229 g/mol. The van der Waals surface area contributed by atoms with Crippen molar-refractivity contribution < 1.29 is 18.4 Å². The molecule has 1 saturated heterocycles. The van der Waals surface area contributed by atoms with Gasteiger partial charge in [-0.15, -0.1) is 0 Å². The van der Waals surface area contributed by atoms with Crippen molar-refractivity contribution in [3.63, 3.8) is 0 Å². The summed E-state index contributed by atoms with van der Waals surface area (Å²) in [6.45, 7) is 0. The van der Waals surface area contributed by atoms with Gasteiger partial charge >= 0.3 is 6.03 Å². The quantitative estimate of drug-likeness (QED) is 0.717. The largest absolute Gasteiger partial charge is 0.457 e. The number of fused-ring (bicyclic) bond motifs is 1. The van der Waals surface area contributed by atoms with E-state index in [4.69, 9.17) is 4.42 Å². The fourth-order valence-corrected chi connectivity index (χ4v) is 1.71. The first-order valence-electron chi connectivity index (χ1n) is 4.79. The van der Waals surface area contributed by atoms with Gasteiger partial charge in [0, 0.05) is 0 Å². The summed E-state index contributed by atoms with van der Waals surface area (Å²) in [5.74, 6) is -0.889. The summed E-state index contributed by atoms with van der Waals surface area (Å²) < 4.78 is 18.6. The van der Waals surface area contributed by atoms with Crippen molar-refractivity contribution in [1.82, 2.24) is 15.6 Å². The number of hydrogen-bond acceptors (Lipinski definition) is 4. The van der Waals surface area contributed by atoms with Crippen LogP contribution in [0.4, 0.5) is 9.18 Å². The van der Waals surface area contributed by atoms with Crippen LogP contribution in [0, 0.1) is 5.82 Å². The summed E-state index contributed by atoms with van der Waals surface area (Å²) in [6.07, 6.45) is 2.39. The second-order valence-electron chi connectivity index (χ2n) is 3.58. The number of urea groups is 1. The van der Waals surface area contributed by atoms with Gasteiger partial charge in [0.1, 0.15) is 5.76 Å². The van der Waals surface area contributed by atoms with Crippen LogP contribution in [-0.2, 0) is 4.79 Å². The van der Waals surface area contributed by atoms with Gasteiger partial charge in [-0.05, 0) is 6.07 Å². The standard InChI is InChI=1S/C10H6FN3O3/c11-5-2-12-3-7-4(5)1-6(17-7)8-9(15)14-10(16)13-8/h1-3,8H,(H2,13,14,15,16). The van der Waals surface area contributed by atoms with Crippen molar-refractivity contribution in [3.05, 3.63) is 30.0 Å². The van der Waals surface area contributed by atoms with E-state index in [-0.39, 0.29) is 16.7 Å². The number of rotatable bonds is 1. The molecular formula is C10H6FN3O3. The third-order valence-corrected chi connectivity index (χ3v) is 2.48. The van der Waals surface area contributed by atoms with Crippen LogP contribution in [0.2, 0.25) is 0 Å². The second-order valence-corrected chi connectivity index (χ2v) is 3.58. The second kappa shape index (κ2) is 3.27. The van der Waals surface area contributed by atoms with Gasteiger partial charge in [-0.2, -0.15) is 0 Å². The topological polar surface area (TPSA) is 84.2 Å². The highest BCUT2D eigenvalue weighted by Gasteiger charge is 2.33. The summed E-state index contributed by atoms with van der Waals surface area (Å²) in [5.41, 5.74) is 0.231. The number of imide groups is 1. The Morgan fingerprint density at radius 2 is 2.18 bits per heavy atom. The minimum absolute atomic E-state index is 0.176. The first kappa shape index (κ1) is 9.76. The summed E-state index contributed by atoms with van der Waals surface area (Å²) >= 11 is 0. The van der Waals surface area contributed by atoms with Gasteiger partial charge in [0.15, 0.2) is 17.4 Å². The number of pyridine rings is 1. The van der Waals surface area contributed by atoms with Crippen LogP contribution in [0.25, 0.3) is 11.0 Å². The van der Waals surface area contributed by atoms with E-state index in [0.29, 0.717) is 0 Å². The lowest BCUT2D eigenvalue weighted by Crippen LogP contribution is -2.22. The molecule has 1 aliphatic rings. The lowest BCUT2D eigenvalue weighted by atomic mass is 10.2. The Morgan fingerprint density at radius 3 is 2.82 bits per heavy atom. The van der Waals surface area contributed by atoms with Gasteiger partial charge in [-0.1, -0.05) is 0 Å². The van der Waals surface area contributed by atoms with Crippen molar-refractivity contribution >= 4 is 22.9 Å². The minimum Gasteiger partial charge on any atom is -0.457 e. The molecule has 3 amide bonds. The monoisotopic (exact) mass is 235 g/mol. The molecule has 0 bridgehead atoms. The van der Waals surface area contributed by atoms with E-state index in [1.165, 1.54) is 12.3 Å². The van der Waals surface area contributed by atoms with Gasteiger partial charge in [0.2, 0.25) is 0 Å². The summed E-state index contributed by atoms with van der Waals surface area (Å²) in [5, 5.41) is 4.66. The maximum Gasteiger partial charge on any atom is 0.322 e. The molecule has 1 fully saturated rings. The van der Waals surface area contributed by atoms with E-state index >= 15 is 0 Å². The van der Waals surface area contributed by atoms with Crippen LogP contribution in [0.15, 0.2) is 22.9 Å². The number of nitrogens with one attached hydrogen (secondary N) is 2. The third-order valence-electron chi connectivity index (χ3n) is 2.48. The van der Waals surface area contributed by atoms with Crippen LogP contribution in [0.1, 0.15) is 11.8 Å². The average Bonchev–Trinajstić information content (AvgIpc) is 2.82. The molecule has 0 radical (unpaired) electrons. The molecule has 2 aromatic heterocycles. The minimum atomic E-state index is -0.922. The summed E-state index contributed by atoms with van der Waals surface area (Å²) in [6, 6.07) is -0.143. The Kier molecular flexibility index (Phi) is 1.88. The van der Waals surface area contributed by atoms with E-state index < -0.39 is 23.8 Å². The zero-order chi connectivity index (χ0) is 12.0. The van der Waals surface area contributed by atoms with E-state index in [2.05, 4.69) is 15.6 Å². The zero-order valence-electron chi connectivity index (χ0n) is 8.36. The molecule has 2 N–H and O–H groups in total. The fraction of sp³-hybridized carbons (Fsp3) is 0.100. The molecule has 17 heavy (non-hydrogen) atoms. The van der Waals surface area contributed by atoms with Gasteiger partial charge in [-0.3, -0.25) is 15.1 Å². The van der Waals surface area contributed by atoms with Crippen LogP contribution < -0.4 is 10.6 Å². The number of carbonyl (C=O) groups is 2. The zero-order valence-corrected chi connectivity index (χ0v) is 8.36. The molecule has 1 aliphatic heterocycles. The Labute approximate surface area is 93.8 Å². The van der Waals surface area contributed by atoms with Crippen LogP contribution >= 0.6 is 0 Å². The first-order chi connectivity index (χ1) is 8.15. The van der Waals surface area contributed by atoms with Crippen molar-refractivity contribution in [2.24, 2.45) is 0 Å². The molecule has 1 atom stereocenters. The van der Waals surface area contributed by atoms with Crippen LogP contribution in [0.5, 0.6) is 0 Å². The predicted octanol–water partition coefficient (Wildman–Crippen LogP) is 0.847. The normalized spacial score (nSPS) is 19.5. The molecule has 1 unspecified atom stereocenters. The number of aromatic nitrogens is 1. The lowest BCUT2D eigenvalue weighted by molar-refractivity contribution is -0.120. The average molecular weight is 235 g/mol. The SMILES string of the molecule is O=C1NC(=O)C(c2cc3c(F)cncc3o2)N1. The van der Waals surface area contributed by atoms with E-state index in [1.807, 2.05) is 0 Å². The highest BCUT2D eigenvalue weighted by Crippen LogP contribution is 2.26. The molecule has 3 rings (SSSR count). The van der Waals surface area contributed by atoms with E-state index in [9.17, 15) is 14.0 Å².